The molecule has 0 saturated heterocycles. The van der Waals surface area contributed by atoms with Crippen LogP contribution in [-0.4, -0.2) is 37.5 Å². The van der Waals surface area contributed by atoms with E-state index >= 15 is 8.78 Å². The van der Waals surface area contributed by atoms with Crippen molar-refractivity contribution in [1.82, 2.24) is 0 Å². The minimum atomic E-state index is -0.774. The van der Waals surface area contributed by atoms with E-state index in [0.29, 0.717) is 44.9 Å². The molecule has 0 amide bonds. The fraction of sp³-hybridized carbons (Fsp3) is 0.224. The molecule has 10 nitrogen and oxygen atoms in total. The van der Waals surface area contributed by atoms with Crippen LogP contribution in [0.15, 0.2) is 115 Å². The first-order valence-corrected chi connectivity index (χ1v) is 17.4. The largest absolute Gasteiger partial charge is 0.457 e. The SMILES string of the molecule is C.C.C.C.C=C(C)C(=O)OCOc1ccc(C(=O)Oc2ccc(-c3ccc(-c4ccc(OC(=O)c5ccc(OCOC(=O)C(=C)C)cc5C)c(F)c4)c(C)c3)cc2F)c(C)c1. The van der Waals surface area contributed by atoms with Gasteiger partial charge in [0.05, 0.1) is 11.1 Å². The van der Waals surface area contributed by atoms with Gasteiger partial charge in [0.15, 0.2) is 23.1 Å². The smallest absolute Gasteiger partial charge is 0.343 e. The minimum Gasteiger partial charge on any atom is -0.457 e. The maximum atomic E-state index is 15.3. The Bertz CT molecular complexity index is 2420. The molecule has 5 rings (SSSR count). The first kappa shape index (κ1) is 51.9. The second-order valence-corrected chi connectivity index (χ2v) is 13.0. The molecule has 5 aromatic rings. The normalized spacial score (nSPS) is 9.89. The lowest BCUT2D eigenvalue weighted by Gasteiger charge is -2.13. The van der Waals surface area contributed by atoms with E-state index < -0.39 is 35.5 Å². The highest BCUT2D eigenvalue weighted by atomic mass is 19.1. The first-order chi connectivity index (χ1) is 27.1. The summed E-state index contributed by atoms with van der Waals surface area (Å²) in [5.41, 5.74) is 4.99. The molecule has 0 saturated carbocycles. The topological polar surface area (TPSA) is 124 Å². The number of carbonyl (C=O) groups excluding carboxylic acids is 4. The van der Waals surface area contributed by atoms with E-state index in [2.05, 4.69) is 13.2 Å². The van der Waals surface area contributed by atoms with Gasteiger partial charge in [0, 0.05) is 11.1 Å². The van der Waals surface area contributed by atoms with Crippen LogP contribution in [0.4, 0.5) is 8.78 Å². The van der Waals surface area contributed by atoms with Gasteiger partial charge in [-0.05, 0) is 134 Å². The Kier molecular flexibility index (Phi) is 19.5. The first-order valence-electron chi connectivity index (χ1n) is 17.4. The third kappa shape index (κ3) is 13.2. The number of aryl methyl sites for hydroxylation is 3. The van der Waals surface area contributed by atoms with Gasteiger partial charge in [-0.1, -0.05) is 73.2 Å². The van der Waals surface area contributed by atoms with Gasteiger partial charge in [-0.2, -0.15) is 0 Å². The zero-order valence-electron chi connectivity index (χ0n) is 31.8. The monoisotopic (exact) mass is 840 g/mol. The highest BCUT2D eigenvalue weighted by molar-refractivity contribution is 5.94. The van der Waals surface area contributed by atoms with Crippen molar-refractivity contribution in [1.29, 1.82) is 0 Å². The fourth-order valence-electron chi connectivity index (χ4n) is 5.45. The number of hydrogen-bond donors (Lipinski definition) is 0. The van der Waals surface area contributed by atoms with Crippen molar-refractivity contribution in [2.24, 2.45) is 0 Å². The molecule has 324 valence electrons. The van der Waals surface area contributed by atoms with Crippen molar-refractivity contribution in [2.75, 3.05) is 13.6 Å². The van der Waals surface area contributed by atoms with Crippen LogP contribution in [0.25, 0.3) is 22.3 Å². The lowest BCUT2D eigenvalue weighted by atomic mass is 9.95. The molecular formula is C49H54F2O10. The Morgan fingerprint density at radius 3 is 1.30 bits per heavy atom. The molecule has 12 heteroatoms. The van der Waals surface area contributed by atoms with Gasteiger partial charge in [-0.25, -0.2) is 28.0 Å². The number of carbonyl (C=O) groups is 4. The van der Waals surface area contributed by atoms with E-state index in [4.69, 9.17) is 28.4 Å². The fourth-order valence-corrected chi connectivity index (χ4v) is 5.45. The Morgan fingerprint density at radius 1 is 0.508 bits per heavy atom. The molecule has 0 aliphatic heterocycles. The summed E-state index contributed by atoms with van der Waals surface area (Å²) >= 11 is 0. The lowest BCUT2D eigenvalue weighted by molar-refractivity contribution is -0.146. The van der Waals surface area contributed by atoms with Gasteiger partial charge in [0.25, 0.3) is 0 Å². The van der Waals surface area contributed by atoms with Gasteiger partial charge < -0.3 is 28.4 Å². The number of rotatable bonds is 14. The molecule has 0 unspecified atom stereocenters. The summed E-state index contributed by atoms with van der Waals surface area (Å²) in [4.78, 5) is 48.9. The van der Waals surface area contributed by atoms with Gasteiger partial charge in [0.1, 0.15) is 11.5 Å². The van der Waals surface area contributed by atoms with Gasteiger partial charge in [-0.3, -0.25) is 0 Å². The van der Waals surface area contributed by atoms with Crippen molar-refractivity contribution in [2.45, 2.75) is 64.3 Å². The summed E-state index contributed by atoms with van der Waals surface area (Å²) < 4.78 is 61.9. The molecule has 0 aliphatic carbocycles. The summed E-state index contributed by atoms with van der Waals surface area (Å²) in [6.45, 7) is 14.5. The highest BCUT2D eigenvalue weighted by Crippen LogP contribution is 2.33. The van der Waals surface area contributed by atoms with E-state index in [1.165, 1.54) is 62.4 Å². The summed E-state index contributed by atoms with van der Waals surface area (Å²) in [6.07, 6.45) is 0. The molecular weight excluding hydrogens is 787 g/mol. The summed E-state index contributed by atoms with van der Waals surface area (Å²) in [7, 11) is 0. The third-order valence-electron chi connectivity index (χ3n) is 8.50. The van der Waals surface area contributed by atoms with E-state index in [0.717, 1.165) is 5.56 Å². The van der Waals surface area contributed by atoms with Gasteiger partial charge in [0.2, 0.25) is 13.6 Å². The maximum absolute atomic E-state index is 15.3. The van der Waals surface area contributed by atoms with Crippen LogP contribution in [0.1, 0.15) is 81.0 Å². The van der Waals surface area contributed by atoms with E-state index in [9.17, 15) is 19.2 Å². The number of hydrogen-bond acceptors (Lipinski definition) is 10. The Labute approximate surface area is 357 Å². The number of benzene rings is 5. The van der Waals surface area contributed by atoms with Crippen molar-refractivity contribution in [3.8, 4) is 45.3 Å². The van der Waals surface area contributed by atoms with Crippen molar-refractivity contribution < 1.29 is 56.4 Å². The summed E-state index contributed by atoms with van der Waals surface area (Å²) in [5.74, 6) is -4.08. The molecule has 0 bridgehead atoms. The Balaban J connectivity index is 0.00000465. The minimum absolute atomic E-state index is 0. The average molecular weight is 841 g/mol. The second kappa shape index (κ2) is 22.9. The van der Waals surface area contributed by atoms with Crippen LogP contribution in [0.2, 0.25) is 0 Å². The number of ether oxygens (including phenoxy) is 6. The third-order valence-corrected chi connectivity index (χ3v) is 8.50. The van der Waals surface area contributed by atoms with E-state index in [1.807, 2.05) is 13.0 Å². The number of halogens is 2. The van der Waals surface area contributed by atoms with E-state index in [-0.39, 0.29) is 77.1 Å². The lowest BCUT2D eigenvalue weighted by Crippen LogP contribution is -2.12. The molecule has 0 fully saturated rings. The van der Waals surface area contributed by atoms with Crippen LogP contribution in [0.5, 0.6) is 23.0 Å². The average Bonchev–Trinajstić information content (AvgIpc) is 3.16. The van der Waals surface area contributed by atoms with Crippen molar-refractivity contribution >= 4 is 23.9 Å². The standard InChI is InChI=1S/C45H38F2O10.4CH4/c1-25(2)42(48)54-23-52-33-11-14-36(28(6)19-33)44(50)56-40-16-9-31(21-38(40)46)30-8-13-35(27(5)18-30)32-10-17-41(39(47)22-32)57-45(51)37-15-12-34(20-29(37)7)53-24-55-43(49)26(3)4;;;;/h8-22H,1,3,23-24H2,2,4-7H3;4*1H4. The Hall–Kier alpha value is -7.08. The molecule has 0 atom stereocenters. The molecule has 61 heavy (non-hydrogen) atoms. The number of esters is 4. The zero-order chi connectivity index (χ0) is 41.4. The van der Waals surface area contributed by atoms with Crippen LogP contribution >= 0.6 is 0 Å². The predicted octanol–water partition coefficient (Wildman–Crippen LogP) is 12.1. The van der Waals surface area contributed by atoms with E-state index in [1.54, 1.807) is 50.2 Å². The van der Waals surface area contributed by atoms with Crippen LogP contribution in [-0.2, 0) is 19.1 Å². The molecule has 0 aromatic heterocycles. The molecule has 0 radical (unpaired) electrons. The van der Waals surface area contributed by atoms with Gasteiger partial charge in [-0.15, -0.1) is 0 Å². The summed E-state index contributed by atoms with van der Waals surface area (Å²) in [6, 6.07) is 22.8. The van der Waals surface area contributed by atoms with Crippen LogP contribution < -0.4 is 18.9 Å². The second-order valence-electron chi connectivity index (χ2n) is 13.0. The zero-order valence-corrected chi connectivity index (χ0v) is 31.8. The summed E-state index contributed by atoms with van der Waals surface area (Å²) in [5, 5.41) is 0. The molecule has 0 spiro atoms. The quantitative estimate of drug-likeness (QED) is 0.0462. The van der Waals surface area contributed by atoms with Crippen LogP contribution in [0, 0.1) is 32.4 Å². The predicted molar refractivity (Wildman–Crippen MR) is 234 cm³/mol. The van der Waals surface area contributed by atoms with Crippen LogP contribution in [0.3, 0.4) is 0 Å². The highest BCUT2D eigenvalue weighted by Gasteiger charge is 2.19. The maximum Gasteiger partial charge on any atom is 0.343 e. The van der Waals surface area contributed by atoms with Crippen molar-refractivity contribution in [3.63, 3.8) is 0 Å². The molecule has 5 aromatic carbocycles. The van der Waals surface area contributed by atoms with Crippen molar-refractivity contribution in [3.05, 3.63) is 155 Å². The molecule has 0 N–H and O–H groups in total. The van der Waals surface area contributed by atoms with Gasteiger partial charge >= 0.3 is 23.9 Å². The Morgan fingerprint density at radius 2 is 0.902 bits per heavy atom. The molecule has 0 aliphatic rings. The molecule has 0 heterocycles.